The molecule has 4 heterocycles. The van der Waals surface area contributed by atoms with Gasteiger partial charge in [0.15, 0.2) is 5.65 Å². The summed E-state index contributed by atoms with van der Waals surface area (Å²) < 4.78 is 15.7. The highest BCUT2D eigenvalue weighted by atomic mass is 35.5. The third-order valence-electron chi connectivity index (χ3n) is 6.43. The van der Waals surface area contributed by atoms with Crippen molar-refractivity contribution in [3.8, 4) is 22.7 Å². The molecule has 1 aliphatic heterocycles. The Kier molecular flexibility index (Phi) is 6.23. The molecule has 0 bridgehead atoms. The number of nitrogens with zero attached hydrogens (tertiary/aromatic N) is 6. The van der Waals surface area contributed by atoms with E-state index in [4.69, 9.17) is 31.0 Å². The molecule has 188 valence electrons. The van der Waals surface area contributed by atoms with E-state index in [1.807, 2.05) is 64.7 Å². The lowest BCUT2D eigenvalue weighted by atomic mass is 10.1. The average Bonchev–Trinajstić information content (AvgIpc) is 3.55. The van der Waals surface area contributed by atoms with Gasteiger partial charge in [0.25, 0.3) is 0 Å². The fourth-order valence-corrected chi connectivity index (χ4v) is 4.71. The van der Waals surface area contributed by atoms with E-state index < -0.39 is 0 Å². The summed E-state index contributed by atoms with van der Waals surface area (Å²) in [6.45, 7) is 2.68. The van der Waals surface area contributed by atoms with Crippen molar-refractivity contribution in [2.45, 2.75) is 32.4 Å². The van der Waals surface area contributed by atoms with E-state index in [0.29, 0.717) is 27.9 Å². The number of fused-ring (bicyclic) bond motifs is 1. The molecule has 0 aliphatic carbocycles. The highest BCUT2D eigenvalue weighted by Gasteiger charge is 2.22. The van der Waals surface area contributed by atoms with E-state index in [-0.39, 0.29) is 6.23 Å². The number of anilines is 2. The minimum atomic E-state index is -0.0995. The van der Waals surface area contributed by atoms with Gasteiger partial charge in [0, 0.05) is 35.1 Å². The Morgan fingerprint density at radius 3 is 2.65 bits per heavy atom. The molecule has 0 saturated carbocycles. The van der Waals surface area contributed by atoms with Crippen LogP contribution in [0.2, 0.25) is 5.02 Å². The predicted molar refractivity (Wildman–Crippen MR) is 143 cm³/mol. The second kappa shape index (κ2) is 9.84. The molecule has 1 N–H and O–H groups in total. The summed E-state index contributed by atoms with van der Waals surface area (Å²) in [5, 5.41) is 4.02. The molecule has 10 heteroatoms. The van der Waals surface area contributed by atoms with Crippen LogP contribution in [-0.2, 0) is 4.74 Å². The SMILES string of the molecule is COc1cc(Nc2nc(-c3ccc(Cl)cc3)c3ncn(C4CCCCO4)c3n2)ccc1-n1cnc(C)c1. The van der Waals surface area contributed by atoms with Crippen LogP contribution in [0.4, 0.5) is 11.6 Å². The lowest BCUT2D eigenvalue weighted by molar-refractivity contribution is -0.0298. The molecule has 0 spiro atoms. The van der Waals surface area contributed by atoms with Gasteiger partial charge in [-0.3, -0.25) is 4.57 Å². The maximum atomic E-state index is 6.15. The highest BCUT2D eigenvalue weighted by molar-refractivity contribution is 6.30. The van der Waals surface area contributed by atoms with Gasteiger partial charge in [0.1, 0.15) is 23.2 Å². The van der Waals surface area contributed by atoms with Crippen LogP contribution in [0, 0.1) is 6.92 Å². The van der Waals surface area contributed by atoms with E-state index in [1.165, 1.54) is 0 Å². The van der Waals surface area contributed by atoms with Crippen LogP contribution in [0.5, 0.6) is 5.75 Å². The lowest BCUT2D eigenvalue weighted by Gasteiger charge is -2.24. The fourth-order valence-electron chi connectivity index (χ4n) is 4.59. The molecule has 1 fully saturated rings. The Balaban J connectivity index is 1.42. The molecule has 1 aliphatic rings. The van der Waals surface area contributed by atoms with Crippen LogP contribution >= 0.6 is 11.6 Å². The Morgan fingerprint density at radius 2 is 1.92 bits per heavy atom. The number of aromatic nitrogens is 6. The van der Waals surface area contributed by atoms with Crippen LogP contribution in [-0.4, -0.2) is 42.8 Å². The molecule has 1 unspecified atom stereocenters. The van der Waals surface area contributed by atoms with Crippen molar-refractivity contribution < 1.29 is 9.47 Å². The topological polar surface area (TPSA) is 91.9 Å². The van der Waals surface area contributed by atoms with Crippen molar-refractivity contribution in [1.82, 2.24) is 29.1 Å². The summed E-state index contributed by atoms with van der Waals surface area (Å²) in [5.74, 6) is 1.14. The number of methoxy groups -OCH3 is 1. The van der Waals surface area contributed by atoms with Crippen molar-refractivity contribution >= 4 is 34.4 Å². The number of hydrogen-bond acceptors (Lipinski definition) is 7. The Morgan fingerprint density at radius 1 is 1.05 bits per heavy atom. The first-order valence-electron chi connectivity index (χ1n) is 12.2. The molecule has 0 amide bonds. The van der Waals surface area contributed by atoms with Crippen molar-refractivity contribution in [3.63, 3.8) is 0 Å². The highest BCUT2D eigenvalue weighted by Crippen LogP contribution is 2.33. The third kappa shape index (κ3) is 4.63. The van der Waals surface area contributed by atoms with Gasteiger partial charge in [-0.1, -0.05) is 23.7 Å². The van der Waals surface area contributed by atoms with Gasteiger partial charge >= 0.3 is 0 Å². The van der Waals surface area contributed by atoms with E-state index in [0.717, 1.165) is 54.2 Å². The summed E-state index contributed by atoms with van der Waals surface area (Å²) in [4.78, 5) is 18.7. The van der Waals surface area contributed by atoms with Crippen molar-refractivity contribution in [1.29, 1.82) is 0 Å². The molecule has 1 atom stereocenters. The number of imidazole rings is 2. The standard InChI is InChI=1S/C27H26ClN7O2/c1-17-14-34(15-29-17)21-11-10-20(13-22(21)36-2)31-27-32-24(18-6-8-19(28)9-7-18)25-26(33-27)35(16-30-25)23-5-3-4-12-37-23/h6-11,13-16,23H,3-5,12H2,1-2H3,(H,31,32,33). The van der Waals surface area contributed by atoms with Gasteiger partial charge in [-0.2, -0.15) is 4.98 Å². The number of halogens is 1. The molecule has 3 aromatic heterocycles. The number of ether oxygens (including phenoxy) is 2. The van der Waals surface area contributed by atoms with Gasteiger partial charge < -0.3 is 19.4 Å². The number of aryl methyl sites for hydroxylation is 1. The molecule has 2 aromatic carbocycles. The van der Waals surface area contributed by atoms with Crippen LogP contribution in [0.15, 0.2) is 61.3 Å². The first-order valence-corrected chi connectivity index (χ1v) is 12.5. The maximum absolute atomic E-state index is 6.15. The van der Waals surface area contributed by atoms with E-state index >= 15 is 0 Å². The quantitative estimate of drug-likeness (QED) is 0.292. The zero-order chi connectivity index (χ0) is 25.4. The predicted octanol–water partition coefficient (Wildman–Crippen LogP) is 6.09. The molecule has 0 radical (unpaired) electrons. The zero-order valence-corrected chi connectivity index (χ0v) is 21.3. The summed E-state index contributed by atoms with van der Waals surface area (Å²) >= 11 is 6.15. The first-order chi connectivity index (χ1) is 18.1. The van der Waals surface area contributed by atoms with Crippen LogP contribution in [0.1, 0.15) is 31.2 Å². The molecule has 5 aromatic rings. The third-order valence-corrected chi connectivity index (χ3v) is 6.68. The summed E-state index contributed by atoms with van der Waals surface area (Å²) in [6, 6.07) is 13.4. The van der Waals surface area contributed by atoms with Gasteiger partial charge in [-0.25, -0.2) is 15.0 Å². The van der Waals surface area contributed by atoms with Gasteiger partial charge in [0.05, 0.1) is 31.1 Å². The molecule has 1 saturated heterocycles. The summed E-state index contributed by atoms with van der Waals surface area (Å²) in [6.07, 6.45) is 8.51. The van der Waals surface area contributed by atoms with Crippen LogP contribution in [0.3, 0.4) is 0 Å². The molecule has 9 nitrogen and oxygen atoms in total. The number of benzene rings is 2. The Hall–Kier alpha value is -3.95. The normalized spacial score (nSPS) is 15.7. The van der Waals surface area contributed by atoms with Crippen LogP contribution in [0.25, 0.3) is 28.1 Å². The fraction of sp³-hybridized carbons (Fsp3) is 0.259. The number of nitrogens with one attached hydrogen (secondary N) is 1. The summed E-state index contributed by atoms with van der Waals surface area (Å²) in [7, 11) is 1.65. The second-order valence-electron chi connectivity index (χ2n) is 8.98. The second-order valence-corrected chi connectivity index (χ2v) is 9.42. The monoisotopic (exact) mass is 515 g/mol. The van der Waals surface area contributed by atoms with E-state index in [9.17, 15) is 0 Å². The first kappa shape index (κ1) is 23.4. The smallest absolute Gasteiger partial charge is 0.229 e. The Labute approximate surface area is 219 Å². The Bertz CT molecular complexity index is 1560. The van der Waals surface area contributed by atoms with Crippen molar-refractivity contribution in [2.24, 2.45) is 0 Å². The largest absolute Gasteiger partial charge is 0.494 e. The van der Waals surface area contributed by atoms with Gasteiger partial charge in [-0.15, -0.1) is 0 Å². The average molecular weight is 516 g/mol. The minimum absolute atomic E-state index is 0.0995. The number of rotatable bonds is 6. The van der Waals surface area contributed by atoms with Crippen molar-refractivity contribution in [3.05, 3.63) is 72.0 Å². The van der Waals surface area contributed by atoms with Gasteiger partial charge in [-0.05, 0) is 50.5 Å². The van der Waals surface area contributed by atoms with Crippen molar-refractivity contribution in [2.75, 3.05) is 19.0 Å². The van der Waals surface area contributed by atoms with E-state index in [2.05, 4.69) is 15.3 Å². The molecule has 6 rings (SSSR count). The van der Waals surface area contributed by atoms with Crippen LogP contribution < -0.4 is 10.1 Å². The summed E-state index contributed by atoms with van der Waals surface area (Å²) in [5.41, 5.74) is 5.66. The lowest BCUT2D eigenvalue weighted by Crippen LogP contribution is -2.18. The maximum Gasteiger partial charge on any atom is 0.229 e. The van der Waals surface area contributed by atoms with E-state index in [1.54, 1.807) is 19.8 Å². The number of hydrogen-bond donors (Lipinski definition) is 1. The minimum Gasteiger partial charge on any atom is -0.494 e. The molecular weight excluding hydrogens is 490 g/mol. The molecule has 37 heavy (non-hydrogen) atoms. The zero-order valence-electron chi connectivity index (χ0n) is 20.6. The van der Waals surface area contributed by atoms with Gasteiger partial charge in [0.2, 0.25) is 5.95 Å². The molecular formula is C27H26ClN7O2.